The van der Waals surface area contributed by atoms with Gasteiger partial charge < -0.3 is 20.1 Å². The number of nitrogens with one attached hydrogen (secondary N) is 1. The monoisotopic (exact) mass is 326 g/mol. The molecule has 0 spiro atoms. The Kier molecular flexibility index (Phi) is 6.60. The van der Waals surface area contributed by atoms with E-state index in [2.05, 4.69) is 11.9 Å². The fourth-order valence-corrected chi connectivity index (χ4v) is 2.59. The normalized spacial score (nSPS) is 22.2. The fourth-order valence-electron chi connectivity index (χ4n) is 2.59. The van der Waals surface area contributed by atoms with Gasteiger partial charge in [0, 0.05) is 6.04 Å². The average Bonchev–Trinajstić information content (AvgIpc) is 2.51. The second kappa shape index (κ2) is 7.99. The molecule has 1 rings (SSSR count). The smallest absolute Gasteiger partial charge is 0.408 e. The minimum atomic E-state index is -1.08. The molecule has 0 aromatic rings. The van der Waals surface area contributed by atoms with Crippen LogP contribution >= 0.6 is 0 Å². The van der Waals surface area contributed by atoms with E-state index in [-0.39, 0.29) is 18.5 Å². The maximum Gasteiger partial charge on any atom is 0.408 e. The van der Waals surface area contributed by atoms with E-state index in [1.807, 2.05) is 0 Å². The first-order chi connectivity index (χ1) is 10.6. The quantitative estimate of drug-likeness (QED) is 0.753. The number of nitrogens with zero attached hydrogens (tertiary/aromatic N) is 1. The van der Waals surface area contributed by atoms with E-state index >= 15 is 0 Å². The van der Waals surface area contributed by atoms with Gasteiger partial charge in [-0.2, -0.15) is 0 Å². The van der Waals surface area contributed by atoms with Gasteiger partial charge in [0.25, 0.3) is 0 Å². The Morgan fingerprint density at radius 1 is 1.43 bits per heavy atom. The van der Waals surface area contributed by atoms with Crippen LogP contribution in [0.3, 0.4) is 0 Å². The highest BCUT2D eigenvalue weighted by Gasteiger charge is 2.35. The average molecular weight is 326 g/mol. The van der Waals surface area contributed by atoms with Crippen LogP contribution in [-0.2, 0) is 14.3 Å². The maximum absolute atomic E-state index is 12.6. The lowest BCUT2D eigenvalue weighted by atomic mass is 10.1. The number of alkyl carbamates (subject to hydrolysis) is 1. The van der Waals surface area contributed by atoms with E-state index in [9.17, 15) is 14.4 Å². The van der Waals surface area contributed by atoms with Crippen LogP contribution in [0.4, 0.5) is 4.79 Å². The van der Waals surface area contributed by atoms with Crippen LogP contribution in [0.2, 0.25) is 0 Å². The van der Waals surface area contributed by atoms with E-state index in [0.717, 1.165) is 0 Å². The Morgan fingerprint density at radius 2 is 2.09 bits per heavy atom. The van der Waals surface area contributed by atoms with Crippen LogP contribution in [0.5, 0.6) is 0 Å². The minimum absolute atomic E-state index is 0.207. The number of aliphatic carboxylic acids is 1. The van der Waals surface area contributed by atoms with Crippen molar-refractivity contribution in [3.8, 4) is 0 Å². The van der Waals surface area contributed by atoms with E-state index < -0.39 is 23.7 Å². The van der Waals surface area contributed by atoms with Crippen molar-refractivity contribution in [2.24, 2.45) is 0 Å². The highest BCUT2D eigenvalue weighted by molar-refractivity contribution is 5.88. The van der Waals surface area contributed by atoms with E-state index in [1.54, 1.807) is 26.8 Å². The Balaban J connectivity index is 2.85. The molecule has 130 valence electrons. The summed E-state index contributed by atoms with van der Waals surface area (Å²) in [5.41, 5.74) is -0.663. The molecule has 1 aliphatic heterocycles. The van der Waals surface area contributed by atoms with E-state index in [1.165, 1.54) is 4.90 Å². The van der Waals surface area contributed by atoms with Crippen molar-refractivity contribution in [1.82, 2.24) is 10.2 Å². The summed E-state index contributed by atoms with van der Waals surface area (Å²) in [6.45, 7) is 8.47. The van der Waals surface area contributed by atoms with Crippen molar-refractivity contribution in [1.29, 1.82) is 0 Å². The lowest BCUT2D eigenvalue weighted by Gasteiger charge is -2.30. The van der Waals surface area contributed by atoms with Crippen molar-refractivity contribution in [3.63, 3.8) is 0 Å². The summed E-state index contributed by atoms with van der Waals surface area (Å²) in [6, 6.07) is -0.972. The van der Waals surface area contributed by atoms with Gasteiger partial charge in [-0.05, 0) is 46.5 Å². The van der Waals surface area contributed by atoms with Crippen LogP contribution in [-0.4, -0.2) is 52.2 Å². The summed E-state index contributed by atoms with van der Waals surface area (Å²) in [5.74, 6) is -1.46. The summed E-state index contributed by atoms with van der Waals surface area (Å²) in [7, 11) is 0. The second-order valence-electron chi connectivity index (χ2n) is 6.67. The molecule has 7 nitrogen and oxygen atoms in total. The standard InChI is InChI=1S/C16H26N2O5/c1-5-7-11-8-6-9-12(14(21)18(11)10-13(19)20)17-15(22)23-16(2,3)4/h5,11-12H,1,6-10H2,2-4H3,(H,17,22)(H,19,20)/t11?,12-/m0/s1. The molecular weight excluding hydrogens is 300 g/mol. The number of carboxylic acids is 1. The number of carbonyl (C=O) groups excluding carboxylic acids is 2. The molecule has 0 saturated carbocycles. The molecule has 2 atom stereocenters. The minimum Gasteiger partial charge on any atom is -0.480 e. The van der Waals surface area contributed by atoms with E-state index in [0.29, 0.717) is 25.7 Å². The van der Waals surface area contributed by atoms with Crippen molar-refractivity contribution >= 4 is 18.0 Å². The zero-order chi connectivity index (χ0) is 17.6. The Hall–Kier alpha value is -2.05. The molecule has 1 heterocycles. The molecule has 0 radical (unpaired) electrons. The van der Waals surface area contributed by atoms with Gasteiger partial charge >= 0.3 is 12.1 Å². The summed E-state index contributed by atoms with van der Waals surface area (Å²) in [6.07, 6.45) is 3.38. The van der Waals surface area contributed by atoms with Crippen LogP contribution in [0, 0.1) is 0 Å². The fraction of sp³-hybridized carbons (Fsp3) is 0.688. The number of hydrogen-bond donors (Lipinski definition) is 2. The zero-order valence-electron chi connectivity index (χ0n) is 14.0. The van der Waals surface area contributed by atoms with Gasteiger partial charge in [-0.15, -0.1) is 6.58 Å². The molecule has 0 aromatic heterocycles. The number of rotatable bonds is 5. The van der Waals surface area contributed by atoms with Crippen molar-refractivity contribution in [3.05, 3.63) is 12.7 Å². The summed E-state index contributed by atoms with van der Waals surface area (Å²) in [5, 5.41) is 11.6. The summed E-state index contributed by atoms with van der Waals surface area (Å²) < 4.78 is 5.17. The van der Waals surface area contributed by atoms with Crippen molar-refractivity contribution in [2.75, 3.05) is 6.54 Å². The van der Waals surface area contributed by atoms with Gasteiger partial charge in [0.1, 0.15) is 18.2 Å². The predicted octanol–water partition coefficient (Wildman–Crippen LogP) is 1.92. The molecule has 1 saturated heterocycles. The molecular formula is C16H26N2O5. The van der Waals surface area contributed by atoms with Gasteiger partial charge in [-0.25, -0.2) is 4.79 Å². The Labute approximate surface area is 136 Å². The number of likely N-dealkylation sites (tertiary alicyclic amines) is 1. The van der Waals surface area contributed by atoms with Gasteiger partial charge in [-0.3, -0.25) is 9.59 Å². The molecule has 23 heavy (non-hydrogen) atoms. The number of hydrogen-bond acceptors (Lipinski definition) is 4. The van der Waals surface area contributed by atoms with Crippen molar-refractivity contribution in [2.45, 2.75) is 64.1 Å². The van der Waals surface area contributed by atoms with E-state index in [4.69, 9.17) is 9.84 Å². The molecule has 7 heteroatoms. The third-order valence-electron chi connectivity index (χ3n) is 3.49. The molecule has 1 aliphatic rings. The number of amides is 2. The highest BCUT2D eigenvalue weighted by atomic mass is 16.6. The highest BCUT2D eigenvalue weighted by Crippen LogP contribution is 2.21. The van der Waals surface area contributed by atoms with Gasteiger partial charge in [-0.1, -0.05) is 6.08 Å². The third-order valence-corrected chi connectivity index (χ3v) is 3.49. The van der Waals surface area contributed by atoms with Crippen LogP contribution in [0.15, 0.2) is 12.7 Å². The van der Waals surface area contributed by atoms with Gasteiger partial charge in [0.15, 0.2) is 0 Å². The predicted molar refractivity (Wildman–Crippen MR) is 85.0 cm³/mol. The Morgan fingerprint density at radius 3 is 2.61 bits per heavy atom. The number of ether oxygens (including phenoxy) is 1. The third kappa shape index (κ3) is 6.30. The molecule has 2 amide bonds. The molecule has 0 aromatic carbocycles. The molecule has 0 bridgehead atoms. The van der Waals surface area contributed by atoms with Crippen LogP contribution < -0.4 is 5.32 Å². The first kappa shape index (κ1) is 19.0. The van der Waals surface area contributed by atoms with Gasteiger partial charge in [0.05, 0.1) is 0 Å². The SMILES string of the molecule is C=CCC1CCC[C@H](NC(=O)OC(C)(C)C)C(=O)N1CC(=O)O. The first-order valence-corrected chi connectivity index (χ1v) is 7.76. The summed E-state index contributed by atoms with van der Waals surface area (Å²) >= 11 is 0. The van der Waals surface area contributed by atoms with Gasteiger partial charge in [0.2, 0.25) is 5.91 Å². The molecule has 0 aliphatic carbocycles. The van der Waals surface area contributed by atoms with Crippen LogP contribution in [0.1, 0.15) is 46.5 Å². The molecule has 1 unspecified atom stereocenters. The number of carboxylic acid groups (broad SMARTS) is 1. The maximum atomic E-state index is 12.6. The zero-order valence-corrected chi connectivity index (χ0v) is 14.0. The lowest BCUT2D eigenvalue weighted by molar-refractivity contribution is -0.146. The molecule has 1 fully saturated rings. The van der Waals surface area contributed by atoms with Crippen LogP contribution in [0.25, 0.3) is 0 Å². The lowest BCUT2D eigenvalue weighted by Crippen LogP contribution is -2.52. The topological polar surface area (TPSA) is 95.9 Å². The second-order valence-corrected chi connectivity index (χ2v) is 6.67. The first-order valence-electron chi connectivity index (χ1n) is 7.76. The molecule has 2 N–H and O–H groups in total. The summed E-state index contributed by atoms with van der Waals surface area (Å²) in [4.78, 5) is 36.9. The Bertz CT molecular complexity index is 470. The number of carbonyl (C=O) groups is 3. The van der Waals surface area contributed by atoms with Crippen molar-refractivity contribution < 1.29 is 24.2 Å². The largest absolute Gasteiger partial charge is 0.480 e.